The molecule has 3 N–H and O–H groups in total. The smallest absolute Gasteiger partial charge is 0.290 e. The fourth-order valence-electron chi connectivity index (χ4n) is 5.23. The molecular formula is C25H32ClN7O4S. The third-order valence-corrected chi connectivity index (χ3v) is 8.65. The molecule has 1 fully saturated rings. The Morgan fingerprint density at radius 2 is 2.00 bits per heavy atom. The van der Waals surface area contributed by atoms with Gasteiger partial charge in [0.05, 0.1) is 17.8 Å². The minimum absolute atomic E-state index is 0.00957. The first-order valence-corrected chi connectivity index (χ1v) is 13.9. The predicted octanol–water partition coefficient (Wildman–Crippen LogP) is 0.966. The zero-order chi connectivity index (χ0) is 27.0. The lowest BCUT2D eigenvalue weighted by atomic mass is 9.81. The van der Waals surface area contributed by atoms with Crippen LogP contribution in [0.3, 0.4) is 0 Å². The Morgan fingerprint density at radius 1 is 1.21 bits per heavy atom. The summed E-state index contributed by atoms with van der Waals surface area (Å²) in [6.45, 7) is 1.68. The third-order valence-electron chi connectivity index (χ3n) is 7.31. The van der Waals surface area contributed by atoms with E-state index in [-0.39, 0.29) is 29.6 Å². The third kappa shape index (κ3) is 5.71. The molecule has 1 saturated carbocycles. The molecule has 13 heteroatoms. The second-order valence-electron chi connectivity index (χ2n) is 10.4. The first-order valence-electron chi connectivity index (χ1n) is 12.7. The molecule has 0 bridgehead atoms. The zero-order valence-electron chi connectivity index (χ0n) is 21.6. The van der Waals surface area contributed by atoms with Crippen LogP contribution in [0, 0.1) is 5.92 Å². The van der Waals surface area contributed by atoms with Crippen molar-refractivity contribution in [1.29, 1.82) is 0 Å². The van der Waals surface area contributed by atoms with Gasteiger partial charge in [0.2, 0.25) is 11.7 Å². The molecule has 1 aromatic rings. The van der Waals surface area contributed by atoms with Crippen molar-refractivity contribution in [3.05, 3.63) is 38.8 Å². The van der Waals surface area contributed by atoms with Crippen LogP contribution >= 0.6 is 22.9 Å². The molecule has 0 saturated heterocycles. The Balaban J connectivity index is 1.29. The monoisotopic (exact) mass is 561 g/mol. The summed E-state index contributed by atoms with van der Waals surface area (Å²) >= 11 is 7.43. The minimum Gasteiger partial charge on any atom is -0.384 e. The van der Waals surface area contributed by atoms with Crippen LogP contribution in [0.25, 0.3) is 0 Å². The number of amidine groups is 1. The highest BCUT2D eigenvalue weighted by Gasteiger charge is 2.38. The molecule has 5 rings (SSSR count). The van der Waals surface area contributed by atoms with Crippen molar-refractivity contribution in [3.8, 4) is 0 Å². The molecule has 204 valence electrons. The lowest BCUT2D eigenvalue weighted by Gasteiger charge is -2.37. The molecule has 5 atom stereocenters. The van der Waals surface area contributed by atoms with Gasteiger partial charge in [0.1, 0.15) is 0 Å². The highest BCUT2D eigenvalue weighted by Crippen LogP contribution is 2.28. The number of hydrogen-bond donors (Lipinski definition) is 3. The van der Waals surface area contributed by atoms with E-state index in [4.69, 9.17) is 16.4 Å². The van der Waals surface area contributed by atoms with Gasteiger partial charge in [-0.1, -0.05) is 22.8 Å². The van der Waals surface area contributed by atoms with Gasteiger partial charge in [-0.3, -0.25) is 14.4 Å². The molecule has 0 radical (unpaired) electrons. The van der Waals surface area contributed by atoms with Crippen LogP contribution in [-0.4, -0.2) is 90.3 Å². The second-order valence-corrected chi connectivity index (χ2v) is 11.9. The summed E-state index contributed by atoms with van der Waals surface area (Å²) in [4.78, 5) is 54.1. The van der Waals surface area contributed by atoms with Gasteiger partial charge in [0.15, 0.2) is 11.1 Å². The van der Waals surface area contributed by atoms with Crippen LogP contribution < -0.4 is 16.0 Å². The van der Waals surface area contributed by atoms with E-state index in [9.17, 15) is 14.4 Å². The molecule has 38 heavy (non-hydrogen) atoms. The van der Waals surface area contributed by atoms with Gasteiger partial charge in [-0.05, 0) is 38.5 Å². The molecule has 2 aliphatic carbocycles. The van der Waals surface area contributed by atoms with Crippen molar-refractivity contribution in [2.45, 2.75) is 56.5 Å². The average molecular weight is 562 g/mol. The molecule has 2 aliphatic heterocycles. The van der Waals surface area contributed by atoms with Crippen LogP contribution in [-0.2, 0) is 27.4 Å². The maximum Gasteiger partial charge on any atom is 0.290 e. The number of nitrogens with zero attached hydrogens (tertiary/aromatic N) is 4. The number of aromatic nitrogens is 1. The van der Waals surface area contributed by atoms with E-state index >= 15 is 0 Å². The van der Waals surface area contributed by atoms with E-state index < -0.39 is 24.1 Å². The van der Waals surface area contributed by atoms with Gasteiger partial charge in [0.25, 0.3) is 11.8 Å². The summed E-state index contributed by atoms with van der Waals surface area (Å²) in [7, 11) is 5.50. The van der Waals surface area contributed by atoms with E-state index in [1.54, 1.807) is 31.1 Å². The van der Waals surface area contributed by atoms with Crippen molar-refractivity contribution < 1.29 is 19.2 Å². The summed E-state index contributed by atoms with van der Waals surface area (Å²) in [6, 6.07) is -1.11. The van der Waals surface area contributed by atoms with Crippen LogP contribution in [0.4, 0.5) is 0 Å². The van der Waals surface area contributed by atoms with E-state index in [1.165, 1.54) is 11.3 Å². The summed E-state index contributed by atoms with van der Waals surface area (Å²) in [6.07, 6.45) is 7.23. The fraction of sp³-hybridized carbons (Fsp3) is 0.560. The Kier molecular flexibility index (Phi) is 7.73. The highest BCUT2D eigenvalue weighted by molar-refractivity contribution is 7.13. The fourth-order valence-corrected chi connectivity index (χ4v) is 6.52. The van der Waals surface area contributed by atoms with Gasteiger partial charge in [0, 0.05) is 55.5 Å². The lowest BCUT2D eigenvalue weighted by molar-refractivity contribution is -0.134. The number of nitrogens with one attached hydrogen (secondary N) is 3. The minimum atomic E-state index is -0.452. The molecule has 3 amide bonds. The van der Waals surface area contributed by atoms with Crippen LogP contribution in [0.5, 0.6) is 0 Å². The number of amides is 3. The zero-order valence-corrected chi connectivity index (χ0v) is 23.1. The Bertz CT molecular complexity index is 1210. The molecule has 11 nitrogen and oxygen atoms in total. The first-order chi connectivity index (χ1) is 18.2. The molecule has 3 heterocycles. The topological polar surface area (TPSA) is 128 Å². The van der Waals surface area contributed by atoms with Crippen LogP contribution in [0.15, 0.2) is 28.4 Å². The van der Waals surface area contributed by atoms with Gasteiger partial charge in [-0.25, -0.2) is 4.98 Å². The predicted molar refractivity (Wildman–Crippen MR) is 144 cm³/mol. The standard InChI is InChI=1S/C25H32ClN7O4S/c1-32(2)25(36)13-4-6-15(28-22(34)21-27-16-7-5-14(26)11-19(16)37-31-21)18(10-13)29-23(35)24-30-17-8-9-33(3)12-20(17)38-24/h5,7,11,13,15-16,18-19H,4,6,8-10,12H2,1-3H3,(H,27,31)(H,28,34)(H,29,35)/t13-,15-,16?,18-,19?/m0/s1. The summed E-state index contributed by atoms with van der Waals surface area (Å²) in [5.41, 5.74) is 0.972. The molecule has 1 aromatic heterocycles. The Morgan fingerprint density at radius 3 is 2.79 bits per heavy atom. The van der Waals surface area contributed by atoms with Crippen molar-refractivity contribution in [2.75, 3.05) is 27.7 Å². The van der Waals surface area contributed by atoms with Crippen molar-refractivity contribution in [3.63, 3.8) is 0 Å². The second kappa shape index (κ2) is 11.0. The van der Waals surface area contributed by atoms with Gasteiger partial charge in [-0.2, -0.15) is 0 Å². The first kappa shape index (κ1) is 26.6. The van der Waals surface area contributed by atoms with Gasteiger partial charge in [-0.15, -0.1) is 11.3 Å². The molecule has 0 aromatic carbocycles. The van der Waals surface area contributed by atoms with Crippen LogP contribution in [0.2, 0.25) is 0 Å². The number of allylic oxidation sites excluding steroid dienone is 2. The number of carbonyl (C=O) groups is 3. The van der Waals surface area contributed by atoms with E-state index in [1.807, 2.05) is 13.1 Å². The normalized spacial score (nSPS) is 28.5. The van der Waals surface area contributed by atoms with Gasteiger partial charge < -0.3 is 30.6 Å². The summed E-state index contributed by atoms with van der Waals surface area (Å²) < 4.78 is 0. The number of hydrogen-bond acceptors (Lipinski definition) is 9. The molecular weight excluding hydrogens is 530 g/mol. The Hall–Kier alpha value is -2.96. The Labute approximate surface area is 230 Å². The number of likely N-dealkylation sites (N-methyl/N-ethyl adjacent to an activating group) is 1. The van der Waals surface area contributed by atoms with Crippen molar-refractivity contribution in [1.82, 2.24) is 30.7 Å². The number of carbonyl (C=O) groups excluding carboxylic acids is 3. The summed E-state index contributed by atoms with van der Waals surface area (Å²) in [5.74, 6) is -0.915. The maximum absolute atomic E-state index is 13.3. The molecule has 2 unspecified atom stereocenters. The quantitative estimate of drug-likeness (QED) is 0.488. The van der Waals surface area contributed by atoms with Crippen molar-refractivity contribution in [2.24, 2.45) is 11.1 Å². The number of thiazole rings is 1. The van der Waals surface area contributed by atoms with Gasteiger partial charge >= 0.3 is 0 Å². The molecule has 0 spiro atoms. The number of fused-ring (bicyclic) bond motifs is 2. The van der Waals surface area contributed by atoms with Crippen LogP contribution in [0.1, 0.15) is 39.6 Å². The lowest BCUT2D eigenvalue weighted by Crippen LogP contribution is -2.59. The van der Waals surface area contributed by atoms with E-state index in [0.717, 1.165) is 30.1 Å². The number of oxime groups is 1. The SMILES string of the molecule is CN1CCc2nc(C(=O)N[C@H]3C[C@@H](C(=O)N(C)C)CC[C@@H]3NC(=O)C3=NOC4C=C(Cl)C=CC4N3)sc2C1. The number of halogens is 1. The van der Waals surface area contributed by atoms with E-state index in [0.29, 0.717) is 29.3 Å². The number of rotatable bonds is 5. The summed E-state index contributed by atoms with van der Waals surface area (Å²) in [5, 5.41) is 14.1. The largest absolute Gasteiger partial charge is 0.384 e. The molecule has 4 aliphatic rings. The van der Waals surface area contributed by atoms with E-state index in [2.05, 4.69) is 31.0 Å². The highest BCUT2D eigenvalue weighted by atomic mass is 35.5. The maximum atomic E-state index is 13.3. The average Bonchev–Trinajstić information content (AvgIpc) is 3.32. The van der Waals surface area contributed by atoms with Crippen molar-refractivity contribution >= 4 is 46.5 Å².